The molecular weight excluding hydrogens is 478 g/mol. The lowest BCUT2D eigenvalue weighted by Crippen LogP contribution is -2.58. The van der Waals surface area contributed by atoms with Crippen molar-refractivity contribution in [3.8, 4) is 11.5 Å². The molecule has 11 nitrogen and oxygen atoms in total. The zero-order valence-electron chi connectivity index (χ0n) is 22.8. The molecule has 1 aromatic carbocycles. The van der Waals surface area contributed by atoms with Gasteiger partial charge in [0.1, 0.15) is 11.5 Å². The van der Waals surface area contributed by atoms with Crippen molar-refractivity contribution in [2.75, 3.05) is 54.1 Å². The average Bonchev–Trinajstić information content (AvgIpc) is 2.85. The minimum absolute atomic E-state index is 0.0452. The van der Waals surface area contributed by atoms with Gasteiger partial charge in [0.25, 0.3) is 0 Å². The average molecular weight is 518 g/mol. The van der Waals surface area contributed by atoms with E-state index in [1.54, 1.807) is 39.3 Å². The number of piperazine rings is 1. The van der Waals surface area contributed by atoms with E-state index >= 15 is 0 Å². The van der Waals surface area contributed by atoms with Gasteiger partial charge in [0.15, 0.2) is 0 Å². The number of nitrogens with zero attached hydrogens (tertiary/aromatic N) is 3. The van der Waals surface area contributed by atoms with Crippen LogP contribution in [0.1, 0.15) is 39.3 Å². The smallest absolute Gasteiger partial charge is 0.338 e. The number of likely N-dealkylation sites (N-methyl/N-ethyl adjacent to an activating group) is 1. The van der Waals surface area contributed by atoms with Crippen molar-refractivity contribution < 1.29 is 28.6 Å². The summed E-state index contributed by atoms with van der Waals surface area (Å²) < 4.78 is 16.4. The van der Waals surface area contributed by atoms with Gasteiger partial charge in [-0.1, -0.05) is 0 Å². The van der Waals surface area contributed by atoms with E-state index < -0.39 is 12.0 Å². The molecule has 204 valence electrons. The Kier molecular flexibility index (Phi) is 9.25. The van der Waals surface area contributed by atoms with Crippen molar-refractivity contribution in [2.45, 2.75) is 45.8 Å². The maximum absolute atomic E-state index is 13.3. The Labute approximate surface area is 218 Å². The van der Waals surface area contributed by atoms with Crippen LogP contribution in [0, 0.1) is 0 Å². The summed E-state index contributed by atoms with van der Waals surface area (Å²) in [7, 11) is 4.72. The highest BCUT2D eigenvalue weighted by Gasteiger charge is 2.39. The number of urea groups is 2. The second-order valence-electron chi connectivity index (χ2n) is 9.51. The Bertz CT molecular complexity index is 1040. The first-order chi connectivity index (χ1) is 17.6. The molecule has 2 aliphatic heterocycles. The van der Waals surface area contributed by atoms with Crippen LogP contribution in [0.3, 0.4) is 0 Å². The highest BCUT2D eigenvalue weighted by Crippen LogP contribution is 2.38. The third kappa shape index (κ3) is 6.27. The van der Waals surface area contributed by atoms with Crippen LogP contribution in [-0.2, 0) is 9.53 Å². The van der Waals surface area contributed by atoms with E-state index in [-0.39, 0.29) is 30.8 Å². The minimum atomic E-state index is -0.793. The van der Waals surface area contributed by atoms with Gasteiger partial charge < -0.3 is 29.7 Å². The fourth-order valence-corrected chi connectivity index (χ4v) is 4.72. The predicted molar refractivity (Wildman–Crippen MR) is 139 cm³/mol. The molecule has 0 spiro atoms. The number of hydrogen-bond acceptors (Lipinski definition) is 7. The van der Waals surface area contributed by atoms with E-state index in [9.17, 15) is 14.4 Å². The monoisotopic (exact) mass is 517 g/mol. The number of rotatable bonds is 8. The van der Waals surface area contributed by atoms with Crippen LogP contribution in [0.15, 0.2) is 29.5 Å². The minimum Gasteiger partial charge on any atom is -0.497 e. The van der Waals surface area contributed by atoms with Gasteiger partial charge in [-0.15, -0.1) is 0 Å². The van der Waals surface area contributed by atoms with E-state index in [0.717, 1.165) is 0 Å². The number of hydrogen-bond donors (Lipinski definition) is 2. The standard InChI is InChI=1S/C26H39N5O6/c1-8-37-24(32)22-20(15-30-11-12-31(17(4)14-30)26(34)27-16(2)3)29(5)25(33)28-23(22)19-13-18(35-6)9-10-21(19)36-7/h9-10,13,16-17,23H,8,11-12,14-15H2,1-7H3,(H,27,34)(H,28,33). The van der Waals surface area contributed by atoms with Crippen LogP contribution >= 0.6 is 0 Å². The maximum Gasteiger partial charge on any atom is 0.338 e. The van der Waals surface area contributed by atoms with Crippen molar-refractivity contribution in [1.82, 2.24) is 25.3 Å². The molecule has 37 heavy (non-hydrogen) atoms. The van der Waals surface area contributed by atoms with E-state index in [1.807, 2.05) is 25.7 Å². The summed E-state index contributed by atoms with van der Waals surface area (Å²) in [6, 6.07) is 4.02. The molecule has 2 unspecified atom stereocenters. The second-order valence-corrected chi connectivity index (χ2v) is 9.51. The number of methoxy groups -OCH3 is 2. The second kappa shape index (κ2) is 12.2. The number of benzene rings is 1. The molecular formula is C26H39N5O6. The van der Waals surface area contributed by atoms with Crippen molar-refractivity contribution >= 4 is 18.0 Å². The van der Waals surface area contributed by atoms with Crippen molar-refractivity contribution in [3.63, 3.8) is 0 Å². The number of carbonyl (C=O) groups excluding carboxylic acids is 3. The summed E-state index contributed by atoms with van der Waals surface area (Å²) in [6.45, 7) is 9.85. The Morgan fingerprint density at radius 1 is 1.19 bits per heavy atom. The summed E-state index contributed by atoms with van der Waals surface area (Å²) in [6.07, 6.45) is 0. The molecule has 0 bridgehead atoms. The van der Waals surface area contributed by atoms with Crippen LogP contribution in [0.4, 0.5) is 9.59 Å². The Morgan fingerprint density at radius 3 is 2.51 bits per heavy atom. The largest absolute Gasteiger partial charge is 0.497 e. The Morgan fingerprint density at radius 2 is 1.92 bits per heavy atom. The van der Waals surface area contributed by atoms with Crippen molar-refractivity contribution in [1.29, 1.82) is 0 Å². The summed E-state index contributed by atoms with van der Waals surface area (Å²) in [4.78, 5) is 44.4. The molecule has 11 heteroatoms. The summed E-state index contributed by atoms with van der Waals surface area (Å²) in [5.74, 6) is 0.566. The maximum atomic E-state index is 13.3. The van der Waals surface area contributed by atoms with E-state index in [2.05, 4.69) is 15.5 Å². The highest BCUT2D eigenvalue weighted by atomic mass is 16.5. The van der Waals surface area contributed by atoms with E-state index in [0.29, 0.717) is 54.5 Å². The van der Waals surface area contributed by atoms with Crippen LogP contribution in [0.25, 0.3) is 0 Å². The summed E-state index contributed by atoms with van der Waals surface area (Å²) in [5, 5.41) is 5.87. The molecule has 2 atom stereocenters. The lowest BCUT2D eigenvalue weighted by Gasteiger charge is -2.42. The molecule has 0 radical (unpaired) electrons. The molecule has 2 heterocycles. The van der Waals surface area contributed by atoms with Crippen LogP contribution in [0.2, 0.25) is 0 Å². The number of amides is 4. The van der Waals surface area contributed by atoms with Gasteiger partial charge in [-0.3, -0.25) is 9.80 Å². The molecule has 2 aliphatic rings. The molecule has 1 saturated heterocycles. The van der Waals surface area contributed by atoms with Crippen LogP contribution in [-0.4, -0.2) is 98.9 Å². The summed E-state index contributed by atoms with van der Waals surface area (Å²) in [5.41, 5.74) is 1.47. The quantitative estimate of drug-likeness (QED) is 0.509. The zero-order chi connectivity index (χ0) is 27.3. The Balaban J connectivity index is 1.98. The van der Waals surface area contributed by atoms with E-state index in [4.69, 9.17) is 14.2 Å². The molecule has 2 N–H and O–H groups in total. The van der Waals surface area contributed by atoms with Crippen LogP contribution in [0.5, 0.6) is 11.5 Å². The predicted octanol–water partition coefficient (Wildman–Crippen LogP) is 2.34. The van der Waals surface area contributed by atoms with E-state index in [1.165, 1.54) is 12.0 Å². The first-order valence-corrected chi connectivity index (χ1v) is 12.6. The van der Waals surface area contributed by atoms with Gasteiger partial charge in [0.2, 0.25) is 0 Å². The Hall–Kier alpha value is -3.47. The molecule has 1 fully saturated rings. The highest BCUT2D eigenvalue weighted by molar-refractivity contribution is 5.95. The van der Waals surface area contributed by atoms with Gasteiger partial charge in [-0.25, -0.2) is 14.4 Å². The molecule has 1 aromatic rings. The fraction of sp³-hybridized carbons (Fsp3) is 0.577. The normalized spacial score (nSPS) is 20.6. The molecule has 0 aromatic heterocycles. The number of carbonyl (C=O) groups is 3. The first kappa shape index (κ1) is 28.1. The first-order valence-electron chi connectivity index (χ1n) is 12.6. The number of esters is 1. The van der Waals surface area contributed by atoms with Gasteiger partial charge >= 0.3 is 18.0 Å². The third-order valence-corrected chi connectivity index (χ3v) is 6.58. The fourth-order valence-electron chi connectivity index (χ4n) is 4.72. The zero-order valence-corrected chi connectivity index (χ0v) is 22.8. The lowest BCUT2D eigenvalue weighted by molar-refractivity contribution is -0.139. The van der Waals surface area contributed by atoms with Crippen molar-refractivity contribution in [2.24, 2.45) is 0 Å². The molecule has 3 rings (SSSR count). The topological polar surface area (TPSA) is 113 Å². The molecule has 0 saturated carbocycles. The van der Waals surface area contributed by atoms with Gasteiger partial charge in [0, 0.05) is 56.6 Å². The number of ether oxygens (including phenoxy) is 3. The SMILES string of the molecule is CCOC(=O)C1=C(CN2CCN(C(=O)NC(C)C)C(C)C2)N(C)C(=O)NC1c1cc(OC)ccc1OC. The molecule has 4 amide bonds. The molecule has 0 aliphatic carbocycles. The van der Waals surface area contributed by atoms with Gasteiger partial charge in [0.05, 0.1) is 32.4 Å². The van der Waals surface area contributed by atoms with Crippen molar-refractivity contribution in [3.05, 3.63) is 35.0 Å². The van der Waals surface area contributed by atoms with Gasteiger partial charge in [-0.2, -0.15) is 0 Å². The number of nitrogens with one attached hydrogen (secondary N) is 2. The van der Waals surface area contributed by atoms with Gasteiger partial charge in [-0.05, 0) is 45.9 Å². The third-order valence-electron chi connectivity index (χ3n) is 6.58. The summed E-state index contributed by atoms with van der Waals surface area (Å²) >= 11 is 0. The van der Waals surface area contributed by atoms with Crippen LogP contribution < -0.4 is 20.1 Å². The lowest BCUT2D eigenvalue weighted by atomic mass is 9.93.